The first kappa shape index (κ1) is 14.4. The lowest BCUT2D eigenvalue weighted by Gasteiger charge is -2.15. The van der Waals surface area contributed by atoms with Crippen molar-refractivity contribution in [3.05, 3.63) is 34.6 Å². The molecule has 0 aliphatic heterocycles. The van der Waals surface area contributed by atoms with Crippen LogP contribution in [0.2, 0.25) is 5.02 Å². The zero-order chi connectivity index (χ0) is 12.7. The monoisotopic (exact) mass is 261 g/mol. The quantitative estimate of drug-likeness (QED) is 0.817. The van der Waals surface area contributed by atoms with Gasteiger partial charge in [0.05, 0.1) is 12.7 Å². The molecule has 0 amide bonds. The van der Waals surface area contributed by atoms with Crippen LogP contribution in [0.1, 0.15) is 5.56 Å². The maximum atomic E-state index is 13.0. The Bertz CT molecular complexity index is 329. The Morgan fingerprint density at radius 1 is 1.35 bits per heavy atom. The second-order valence-electron chi connectivity index (χ2n) is 3.72. The first-order valence-corrected chi connectivity index (χ1v) is 5.71. The number of halogens is 2. The summed E-state index contributed by atoms with van der Waals surface area (Å²) in [6, 6.07) is 4.47. The maximum absolute atomic E-state index is 13.0. The maximum Gasteiger partial charge on any atom is 0.125 e. The molecule has 0 aromatic heterocycles. The van der Waals surface area contributed by atoms with E-state index in [1.807, 2.05) is 0 Å². The van der Waals surface area contributed by atoms with Crippen molar-refractivity contribution in [3.8, 4) is 0 Å². The largest absolute Gasteiger partial charge is 0.382 e. The lowest BCUT2D eigenvalue weighted by Crippen LogP contribution is -2.31. The van der Waals surface area contributed by atoms with E-state index in [4.69, 9.17) is 21.1 Å². The fourth-order valence-corrected chi connectivity index (χ4v) is 1.73. The zero-order valence-electron chi connectivity index (χ0n) is 10.0. The van der Waals surface area contributed by atoms with Gasteiger partial charge in [-0.15, -0.1) is 0 Å². The molecule has 0 bridgehead atoms. The third-order valence-electron chi connectivity index (χ3n) is 2.31. The summed E-state index contributed by atoms with van der Waals surface area (Å²) < 4.78 is 23.2. The first-order valence-electron chi connectivity index (χ1n) is 5.33. The number of hydrogen-bond donors (Lipinski definition) is 1. The first-order chi connectivity index (χ1) is 8.15. The highest BCUT2D eigenvalue weighted by Crippen LogP contribution is 2.13. The van der Waals surface area contributed by atoms with Gasteiger partial charge in [-0.3, -0.25) is 0 Å². The second kappa shape index (κ2) is 7.61. The van der Waals surface area contributed by atoms with Gasteiger partial charge in [0.15, 0.2) is 0 Å². The second-order valence-corrected chi connectivity index (χ2v) is 4.16. The summed E-state index contributed by atoms with van der Waals surface area (Å²) in [6.45, 7) is 1.70. The Morgan fingerprint density at radius 2 is 2.12 bits per heavy atom. The van der Waals surface area contributed by atoms with Crippen molar-refractivity contribution in [1.82, 2.24) is 5.32 Å². The van der Waals surface area contributed by atoms with Gasteiger partial charge in [0.2, 0.25) is 0 Å². The average molecular weight is 262 g/mol. The van der Waals surface area contributed by atoms with Gasteiger partial charge in [-0.1, -0.05) is 11.6 Å². The summed E-state index contributed by atoms with van der Waals surface area (Å²) in [4.78, 5) is 0. The van der Waals surface area contributed by atoms with Crippen LogP contribution in [0.4, 0.5) is 4.39 Å². The molecule has 0 aliphatic carbocycles. The van der Waals surface area contributed by atoms with E-state index >= 15 is 0 Å². The topological polar surface area (TPSA) is 30.5 Å². The molecule has 1 rings (SSSR count). The molecule has 17 heavy (non-hydrogen) atoms. The normalized spacial score (nSPS) is 12.7. The van der Waals surface area contributed by atoms with E-state index < -0.39 is 0 Å². The summed E-state index contributed by atoms with van der Waals surface area (Å²) in [5.41, 5.74) is 0.808. The standard InChI is InChI=1S/C12H17ClFNO2/c1-16-8-12(17-2)7-15-6-9-3-10(13)5-11(14)4-9/h3-5,12,15H,6-8H2,1-2H3. The number of hydrogen-bond acceptors (Lipinski definition) is 3. The molecular formula is C12H17ClFNO2. The molecule has 3 nitrogen and oxygen atoms in total. The predicted octanol–water partition coefficient (Wildman–Crippen LogP) is 2.23. The van der Waals surface area contributed by atoms with Crippen LogP contribution in [-0.4, -0.2) is 33.5 Å². The van der Waals surface area contributed by atoms with Gasteiger partial charge in [0, 0.05) is 32.3 Å². The number of ether oxygens (including phenoxy) is 2. The molecule has 0 heterocycles. The van der Waals surface area contributed by atoms with Crippen LogP contribution in [0.3, 0.4) is 0 Å². The van der Waals surface area contributed by atoms with E-state index in [0.29, 0.717) is 24.7 Å². The number of methoxy groups -OCH3 is 2. The highest BCUT2D eigenvalue weighted by atomic mass is 35.5. The molecule has 0 saturated carbocycles. The van der Waals surface area contributed by atoms with Crippen molar-refractivity contribution < 1.29 is 13.9 Å². The third-order valence-corrected chi connectivity index (χ3v) is 2.53. The summed E-state index contributed by atoms with van der Waals surface area (Å²) >= 11 is 5.76. The lowest BCUT2D eigenvalue weighted by molar-refractivity contribution is 0.0288. The van der Waals surface area contributed by atoms with Gasteiger partial charge < -0.3 is 14.8 Å². The minimum absolute atomic E-state index is 0.0102. The van der Waals surface area contributed by atoms with Gasteiger partial charge in [-0.2, -0.15) is 0 Å². The van der Waals surface area contributed by atoms with Crippen molar-refractivity contribution in [2.75, 3.05) is 27.4 Å². The molecule has 1 atom stereocenters. The van der Waals surface area contributed by atoms with Gasteiger partial charge in [-0.25, -0.2) is 4.39 Å². The number of rotatable bonds is 7. The molecule has 1 unspecified atom stereocenters. The Morgan fingerprint density at radius 3 is 2.71 bits per heavy atom. The molecule has 0 radical (unpaired) electrons. The SMILES string of the molecule is COCC(CNCc1cc(F)cc(Cl)c1)OC. The van der Waals surface area contributed by atoms with Gasteiger partial charge in [0.25, 0.3) is 0 Å². The number of nitrogens with one attached hydrogen (secondary N) is 1. The van der Waals surface area contributed by atoms with Crippen LogP contribution in [0.5, 0.6) is 0 Å². The van der Waals surface area contributed by atoms with Gasteiger partial charge in [0.1, 0.15) is 5.82 Å². The Hall–Kier alpha value is -0.680. The predicted molar refractivity (Wildman–Crippen MR) is 65.8 cm³/mol. The molecule has 1 aromatic carbocycles. The molecule has 0 spiro atoms. The van der Waals surface area contributed by atoms with Crippen LogP contribution < -0.4 is 5.32 Å². The summed E-state index contributed by atoms with van der Waals surface area (Å²) in [7, 11) is 3.25. The van der Waals surface area contributed by atoms with E-state index in [1.54, 1.807) is 20.3 Å². The van der Waals surface area contributed by atoms with Gasteiger partial charge >= 0.3 is 0 Å². The Balaban J connectivity index is 2.39. The zero-order valence-corrected chi connectivity index (χ0v) is 10.8. The molecule has 1 aromatic rings. The lowest BCUT2D eigenvalue weighted by atomic mass is 10.2. The molecule has 5 heteroatoms. The molecule has 0 fully saturated rings. The Kier molecular flexibility index (Phi) is 6.44. The number of benzene rings is 1. The van der Waals surface area contributed by atoms with E-state index in [0.717, 1.165) is 5.56 Å². The third kappa shape index (κ3) is 5.46. The average Bonchev–Trinajstić information content (AvgIpc) is 2.26. The van der Waals surface area contributed by atoms with Crippen LogP contribution in [0, 0.1) is 5.82 Å². The van der Waals surface area contributed by atoms with Crippen LogP contribution in [0.25, 0.3) is 0 Å². The molecule has 1 N–H and O–H groups in total. The summed E-state index contributed by atoms with van der Waals surface area (Å²) in [5, 5.41) is 3.57. The van der Waals surface area contributed by atoms with Crippen LogP contribution in [-0.2, 0) is 16.0 Å². The van der Waals surface area contributed by atoms with Crippen molar-refractivity contribution >= 4 is 11.6 Å². The fourth-order valence-electron chi connectivity index (χ4n) is 1.49. The highest BCUT2D eigenvalue weighted by molar-refractivity contribution is 6.30. The smallest absolute Gasteiger partial charge is 0.125 e. The van der Waals surface area contributed by atoms with E-state index in [-0.39, 0.29) is 11.9 Å². The summed E-state index contributed by atoms with van der Waals surface area (Å²) in [6.07, 6.45) is -0.0102. The summed E-state index contributed by atoms with van der Waals surface area (Å²) in [5.74, 6) is -0.325. The fraction of sp³-hybridized carbons (Fsp3) is 0.500. The van der Waals surface area contributed by atoms with E-state index in [2.05, 4.69) is 5.32 Å². The van der Waals surface area contributed by atoms with Crippen molar-refractivity contribution in [3.63, 3.8) is 0 Å². The minimum atomic E-state index is -0.325. The van der Waals surface area contributed by atoms with Crippen molar-refractivity contribution in [1.29, 1.82) is 0 Å². The Labute approximate surface area is 106 Å². The van der Waals surface area contributed by atoms with Crippen molar-refractivity contribution in [2.24, 2.45) is 0 Å². The molecule has 0 aliphatic rings. The molecular weight excluding hydrogens is 245 g/mol. The molecule has 0 saturated heterocycles. The van der Waals surface area contributed by atoms with Gasteiger partial charge in [-0.05, 0) is 23.8 Å². The van der Waals surface area contributed by atoms with Crippen molar-refractivity contribution in [2.45, 2.75) is 12.6 Å². The molecule has 96 valence electrons. The van der Waals surface area contributed by atoms with Crippen LogP contribution >= 0.6 is 11.6 Å². The van der Waals surface area contributed by atoms with E-state index in [1.165, 1.54) is 12.1 Å². The minimum Gasteiger partial charge on any atom is -0.382 e. The highest BCUT2D eigenvalue weighted by Gasteiger charge is 2.06. The van der Waals surface area contributed by atoms with Crippen LogP contribution in [0.15, 0.2) is 18.2 Å². The van der Waals surface area contributed by atoms with E-state index in [9.17, 15) is 4.39 Å².